The third-order valence-corrected chi connectivity index (χ3v) is 4.15. The van der Waals surface area contributed by atoms with Crippen LogP contribution < -0.4 is 0 Å². The molecule has 0 aliphatic heterocycles. The summed E-state index contributed by atoms with van der Waals surface area (Å²) in [5.41, 5.74) is 3.62. The Labute approximate surface area is 122 Å². The Morgan fingerprint density at radius 1 is 1.35 bits per heavy atom. The molecule has 0 spiro atoms. The minimum Gasteiger partial charge on any atom is -0.481 e. The zero-order chi connectivity index (χ0) is 14.5. The largest absolute Gasteiger partial charge is 0.481 e. The fraction of sp³-hybridized carbons (Fsp3) is 0.333. The van der Waals surface area contributed by atoms with E-state index in [4.69, 9.17) is 5.11 Å². The molecule has 1 N–H and O–H groups in total. The first kappa shape index (κ1) is 14.7. The molecule has 0 aliphatic rings. The van der Waals surface area contributed by atoms with Crippen LogP contribution in [-0.4, -0.2) is 26.4 Å². The van der Waals surface area contributed by atoms with E-state index in [1.807, 2.05) is 19.1 Å². The Hall–Kier alpha value is -1.75. The number of carboxylic acids is 1. The van der Waals surface area contributed by atoms with E-state index in [9.17, 15) is 4.79 Å². The van der Waals surface area contributed by atoms with Gasteiger partial charge in [-0.15, -0.1) is 0 Å². The first-order valence-electron chi connectivity index (χ1n) is 6.55. The molecule has 0 bridgehead atoms. The van der Waals surface area contributed by atoms with Crippen LogP contribution in [-0.2, 0) is 17.8 Å². The Bertz CT molecular complexity index is 608. The van der Waals surface area contributed by atoms with Gasteiger partial charge in [0.2, 0.25) is 0 Å². The molecule has 106 valence electrons. The van der Waals surface area contributed by atoms with Crippen LogP contribution >= 0.6 is 11.8 Å². The van der Waals surface area contributed by atoms with Crippen molar-refractivity contribution in [1.82, 2.24) is 9.55 Å². The van der Waals surface area contributed by atoms with E-state index in [0.717, 1.165) is 23.8 Å². The van der Waals surface area contributed by atoms with Crippen LogP contribution in [0.15, 0.2) is 35.6 Å². The number of benzene rings is 1. The lowest BCUT2D eigenvalue weighted by Gasteiger charge is -2.12. The third-order valence-electron chi connectivity index (χ3n) is 3.17. The first-order chi connectivity index (χ1) is 9.61. The van der Waals surface area contributed by atoms with Gasteiger partial charge in [0.25, 0.3) is 0 Å². The molecule has 0 amide bonds. The van der Waals surface area contributed by atoms with E-state index < -0.39 is 5.97 Å². The van der Waals surface area contributed by atoms with Gasteiger partial charge in [-0.2, -0.15) is 0 Å². The number of aromatic nitrogens is 2. The molecular weight excluding hydrogens is 272 g/mol. The van der Waals surface area contributed by atoms with Gasteiger partial charge in [0.15, 0.2) is 5.16 Å². The fourth-order valence-electron chi connectivity index (χ4n) is 2.10. The Kier molecular flexibility index (Phi) is 4.84. The molecule has 0 saturated carbocycles. The van der Waals surface area contributed by atoms with Crippen molar-refractivity contribution in [3.05, 3.63) is 47.3 Å². The summed E-state index contributed by atoms with van der Waals surface area (Å²) in [6.07, 6.45) is 2.78. The Morgan fingerprint density at radius 3 is 2.70 bits per heavy atom. The van der Waals surface area contributed by atoms with Crippen LogP contribution in [0.2, 0.25) is 0 Å². The molecule has 20 heavy (non-hydrogen) atoms. The standard InChI is InChI=1S/C15H18N2O2S/c1-3-12-6-4-5-7-13(12)9-17-11(2)8-16-15(17)20-10-14(18)19/h4-8H,3,9-10H2,1-2H3,(H,18,19). The summed E-state index contributed by atoms with van der Waals surface area (Å²) in [6, 6.07) is 8.32. The van der Waals surface area contributed by atoms with Gasteiger partial charge in [-0.1, -0.05) is 43.0 Å². The van der Waals surface area contributed by atoms with Gasteiger partial charge in [-0.3, -0.25) is 4.79 Å². The molecule has 4 nitrogen and oxygen atoms in total. The Morgan fingerprint density at radius 2 is 2.05 bits per heavy atom. The van der Waals surface area contributed by atoms with Gasteiger partial charge < -0.3 is 9.67 Å². The molecule has 0 radical (unpaired) electrons. The first-order valence-corrected chi connectivity index (χ1v) is 7.54. The normalized spacial score (nSPS) is 10.7. The summed E-state index contributed by atoms with van der Waals surface area (Å²) in [6.45, 7) is 4.86. The van der Waals surface area contributed by atoms with E-state index in [0.29, 0.717) is 0 Å². The number of aliphatic carboxylic acids is 1. The zero-order valence-corrected chi connectivity index (χ0v) is 12.5. The lowest BCUT2D eigenvalue weighted by Crippen LogP contribution is -2.07. The van der Waals surface area contributed by atoms with Gasteiger partial charge in [0, 0.05) is 11.9 Å². The van der Waals surface area contributed by atoms with E-state index in [1.165, 1.54) is 22.9 Å². The number of hydrogen-bond donors (Lipinski definition) is 1. The molecule has 0 unspecified atom stereocenters. The topological polar surface area (TPSA) is 55.1 Å². The van der Waals surface area contributed by atoms with Gasteiger partial charge in [-0.25, -0.2) is 4.98 Å². The maximum Gasteiger partial charge on any atom is 0.313 e. The highest BCUT2D eigenvalue weighted by atomic mass is 32.2. The maximum absolute atomic E-state index is 10.7. The van der Waals surface area contributed by atoms with Crippen molar-refractivity contribution < 1.29 is 9.90 Å². The summed E-state index contributed by atoms with van der Waals surface area (Å²) < 4.78 is 2.07. The highest BCUT2D eigenvalue weighted by Crippen LogP contribution is 2.21. The van der Waals surface area contributed by atoms with Crippen molar-refractivity contribution in [3.63, 3.8) is 0 Å². The summed E-state index contributed by atoms with van der Waals surface area (Å²) in [4.78, 5) is 15.0. The molecule has 5 heteroatoms. The number of carbonyl (C=O) groups is 1. The smallest absolute Gasteiger partial charge is 0.313 e. The summed E-state index contributed by atoms with van der Waals surface area (Å²) in [5, 5.41) is 9.55. The SMILES string of the molecule is CCc1ccccc1Cn1c(C)cnc1SCC(=O)O. The predicted octanol–water partition coefficient (Wildman–Crippen LogP) is 2.98. The molecule has 1 aromatic heterocycles. The second-order valence-electron chi connectivity index (χ2n) is 4.57. The monoisotopic (exact) mass is 290 g/mol. The number of carboxylic acid groups (broad SMARTS) is 1. The van der Waals surface area contributed by atoms with Gasteiger partial charge >= 0.3 is 5.97 Å². The van der Waals surface area contributed by atoms with Crippen molar-refractivity contribution in [1.29, 1.82) is 0 Å². The molecular formula is C15H18N2O2S. The second kappa shape index (κ2) is 6.61. The molecule has 2 rings (SSSR count). The lowest BCUT2D eigenvalue weighted by molar-refractivity contribution is -0.133. The van der Waals surface area contributed by atoms with Crippen LogP contribution in [0.3, 0.4) is 0 Å². The van der Waals surface area contributed by atoms with Crippen LogP contribution in [0.1, 0.15) is 23.7 Å². The van der Waals surface area contributed by atoms with Gasteiger partial charge in [-0.05, 0) is 24.5 Å². The highest BCUT2D eigenvalue weighted by Gasteiger charge is 2.11. The van der Waals surface area contributed by atoms with Crippen molar-refractivity contribution in [2.45, 2.75) is 32.0 Å². The van der Waals surface area contributed by atoms with Crippen LogP contribution in [0.4, 0.5) is 0 Å². The molecule has 2 aromatic rings. The summed E-state index contributed by atoms with van der Waals surface area (Å²) in [5.74, 6) is -0.789. The summed E-state index contributed by atoms with van der Waals surface area (Å²) >= 11 is 1.26. The molecule has 0 aliphatic carbocycles. The third kappa shape index (κ3) is 3.42. The van der Waals surface area contributed by atoms with Crippen molar-refractivity contribution in [2.24, 2.45) is 0 Å². The number of hydrogen-bond acceptors (Lipinski definition) is 3. The lowest BCUT2D eigenvalue weighted by atomic mass is 10.1. The Balaban J connectivity index is 2.24. The minimum atomic E-state index is -0.823. The quantitative estimate of drug-likeness (QED) is 0.831. The highest BCUT2D eigenvalue weighted by molar-refractivity contribution is 7.99. The van der Waals surface area contributed by atoms with Gasteiger partial charge in [0.1, 0.15) is 0 Å². The maximum atomic E-state index is 10.7. The molecule has 1 aromatic carbocycles. The predicted molar refractivity (Wildman–Crippen MR) is 80.2 cm³/mol. The number of aryl methyl sites for hydroxylation is 2. The molecule has 1 heterocycles. The zero-order valence-electron chi connectivity index (χ0n) is 11.7. The van der Waals surface area contributed by atoms with E-state index in [-0.39, 0.29) is 5.75 Å². The van der Waals surface area contributed by atoms with E-state index >= 15 is 0 Å². The number of imidazole rings is 1. The average molecular weight is 290 g/mol. The average Bonchev–Trinajstić information content (AvgIpc) is 2.78. The van der Waals surface area contributed by atoms with Crippen LogP contribution in [0.25, 0.3) is 0 Å². The number of rotatable bonds is 6. The van der Waals surface area contributed by atoms with E-state index in [2.05, 4.69) is 28.6 Å². The second-order valence-corrected chi connectivity index (χ2v) is 5.52. The molecule has 0 atom stereocenters. The van der Waals surface area contributed by atoms with Gasteiger partial charge in [0.05, 0.1) is 12.3 Å². The van der Waals surface area contributed by atoms with Crippen LogP contribution in [0, 0.1) is 6.92 Å². The van der Waals surface area contributed by atoms with Crippen LogP contribution in [0.5, 0.6) is 0 Å². The molecule has 0 saturated heterocycles. The van der Waals surface area contributed by atoms with Crippen molar-refractivity contribution in [3.8, 4) is 0 Å². The fourth-order valence-corrected chi connectivity index (χ4v) is 2.84. The number of nitrogens with zero attached hydrogens (tertiary/aromatic N) is 2. The summed E-state index contributed by atoms with van der Waals surface area (Å²) in [7, 11) is 0. The van der Waals surface area contributed by atoms with E-state index in [1.54, 1.807) is 6.20 Å². The minimum absolute atomic E-state index is 0.0336. The number of thioether (sulfide) groups is 1. The van der Waals surface area contributed by atoms with Crippen molar-refractivity contribution in [2.75, 3.05) is 5.75 Å². The molecule has 0 fully saturated rings. The van der Waals surface area contributed by atoms with Crippen molar-refractivity contribution >= 4 is 17.7 Å².